The fourth-order valence-corrected chi connectivity index (χ4v) is 4.88. The molecule has 0 radical (unpaired) electrons. The highest BCUT2D eigenvalue weighted by atomic mass is 16.7. The van der Waals surface area contributed by atoms with Crippen LogP contribution in [0.5, 0.6) is 17.2 Å². The van der Waals surface area contributed by atoms with Crippen LogP contribution in [0.3, 0.4) is 0 Å². The van der Waals surface area contributed by atoms with Crippen LogP contribution >= 0.6 is 0 Å². The van der Waals surface area contributed by atoms with E-state index in [1.54, 1.807) is 24.3 Å². The number of rotatable bonds is 5. The second-order valence-electron chi connectivity index (χ2n) is 10.5. The van der Waals surface area contributed by atoms with E-state index in [4.69, 9.17) is 14.2 Å². The maximum atomic E-state index is 13.6. The molecule has 5 rings (SSSR count). The molecule has 3 aromatic carbocycles. The molecule has 1 amide bonds. The molecular weight excluding hydrogens is 482 g/mol. The van der Waals surface area contributed by atoms with Gasteiger partial charge in [0.15, 0.2) is 11.5 Å². The number of amides is 1. The molecule has 1 saturated heterocycles. The van der Waals surface area contributed by atoms with Crippen LogP contribution in [-0.4, -0.2) is 30.2 Å². The number of benzene rings is 3. The highest BCUT2D eigenvalue weighted by Crippen LogP contribution is 2.45. The molecule has 0 spiro atoms. The molecule has 2 aliphatic heterocycles. The summed E-state index contributed by atoms with van der Waals surface area (Å²) in [5.74, 6) is -0.0432. The Labute approximate surface area is 222 Å². The molecule has 1 unspecified atom stereocenters. The first-order valence-corrected chi connectivity index (χ1v) is 12.6. The van der Waals surface area contributed by atoms with Crippen molar-refractivity contribution < 1.29 is 28.9 Å². The monoisotopic (exact) mass is 513 g/mol. The minimum absolute atomic E-state index is 0.0236. The fraction of sp³-hybridized carbons (Fsp3) is 0.290. The number of hydrogen-bond acceptors (Lipinski definition) is 6. The van der Waals surface area contributed by atoms with Gasteiger partial charge in [-0.15, -0.1) is 0 Å². The van der Waals surface area contributed by atoms with Crippen LogP contribution < -0.4 is 19.1 Å². The van der Waals surface area contributed by atoms with E-state index in [-0.39, 0.29) is 23.5 Å². The van der Waals surface area contributed by atoms with Crippen molar-refractivity contribution in [2.45, 2.75) is 46.1 Å². The van der Waals surface area contributed by atoms with Gasteiger partial charge < -0.3 is 19.3 Å². The van der Waals surface area contributed by atoms with Crippen LogP contribution in [0.1, 0.15) is 56.0 Å². The third-order valence-electron chi connectivity index (χ3n) is 6.92. The Balaban J connectivity index is 1.73. The smallest absolute Gasteiger partial charge is 0.300 e. The Hall–Kier alpha value is -4.26. The normalized spacial score (nSPS) is 18.2. The third-order valence-corrected chi connectivity index (χ3v) is 6.92. The average molecular weight is 514 g/mol. The maximum absolute atomic E-state index is 13.6. The summed E-state index contributed by atoms with van der Waals surface area (Å²) in [6.45, 7) is 10.6. The van der Waals surface area contributed by atoms with E-state index in [9.17, 15) is 14.7 Å². The van der Waals surface area contributed by atoms with E-state index < -0.39 is 17.7 Å². The molecule has 2 aliphatic rings. The van der Waals surface area contributed by atoms with Crippen molar-refractivity contribution in [1.82, 2.24) is 0 Å². The largest absolute Gasteiger partial charge is 0.507 e. The molecule has 0 aliphatic carbocycles. The molecular formula is C31H31NO6. The van der Waals surface area contributed by atoms with Gasteiger partial charge in [0.25, 0.3) is 11.7 Å². The van der Waals surface area contributed by atoms with Gasteiger partial charge in [0, 0.05) is 17.3 Å². The van der Waals surface area contributed by atoms with Gasteiger partial charge in [-0.3, -0.25) is 14.5 Å². The number of hydrogen-bond donors (Lipinski definition) is 1. The number of ketones is 1. The summed E-state index contributed by atoms with van der Waals surface area (Å²) in [5.41, 5.74) is 3.27. The first kappa shape index (κ1) is 25.4. The molecule has 7 nitrogen and oxygen atoms in total. The molecule has 0 saturated carbocycles. The predicted octanol–water partition coefficient (Wildman–Crippen LogP) is 6.05. The van der Waals surface area contributed by atoms with E-state index >= 15 is 0 Å². The number of ether oxygens (including phenoxy) is 3. The van der Waals surface area contributed by atoms with Crippen molar-refractivity contribution in [3.8, 4) is 17.2 Å². The summed E-state index contributed by atoms with van der Waals surface area (Å²) in [5, 5.41) is 11.7. The summed E-state index contributed by atoms with van der Waals surface area (Å²) >= 11 is 0. The Morgan fingerprint density at radius 3 is 2.53 bits per heavy atom. The molecule has 2 heterocycles. The van der Waals surface area contributed by atoms with Gasteiger partial charge >= 0.3 is 0 Å². The molecule has 0 aromatic heterocycles. The molecule has 196 valence electrons. The van der Waals surface area contributed by atoms with E-state index in [2.05, 4.69) is 20.8 Å². The topological polar surface area (TPSA) is 85.3 Å². The third kappa shape index (κ3) is 4.38. The highest BCUT2D eigenvalue weighted by molar-refractivity contribution is 6.51. The van der Waals surface area contributed by atoms with Crippen LogP contribution in [-0.2, 0) is 15.0 Å². The highest BCUT2D eigenvalue weighted by Gasteiger charge is 2.47. The summed E-state index contributed by atoms with van der Waals surface area (Å²) in [6.07, 6.45) is 0. The van der Waals surface area contributed by atoms with Crippen LogP contribution in [0.2, 0.25) is 0 Å². The van der Waals surface area contributed by atoms with E-state index in [0.717, 1.165) is 11.1 Å². The van der Waals surface area contributed by atoms with Gasteiger partial charge in [-0.1, -0.05) is 45.0 Å². The van der Waals surface area contributed by atoms with Gasteiger partial charge in [-0.25, -0.2) is 0 Å². The first-order valence-electron chi connectivity index (χ1n) is 12.6. The van der Waals surface area contributed by atoms with Gasteiger partial charge in [0.05, 0.1) is 18.2 Å². The second kappa shape index (κ2) is 9.56. The zero-order chi connectivity index (χ0) is 27.2. The lowest BCUT2D eigenvalue weighted by Gasteiger charge is -2.26. The van der Waals surface area contributed by atoms with E-state index in [1.165, 1.54) is 4.90 Å². The van der Waals surface area contributed by atoms with Crippen LogP contribution in [0.15, 0.2) is 66.2 Å². The lowest BCUT2D eigenvalue weighted by atomic mass is 9.84. The lowest BCUT2D eigenvalue weighted by molar-refractivity contribution is -0.132. The number of carbonyl (C=O) groups is 2. The van der Waals surface area contributed by atoms with Crippen LogP contribution in [0, 0.1) is 6.92 Å². The predicted molar refractivity (Wildman–Crippen MR) is 145 cm³/mol. The van der Waals surface area contributed by atoms with Gasteiger partial charge in [0.1, 0.15) is 11.5 Å². The number of Topliss-reactive ketones (excluding diaryl/α,β-unsaturated/α-hetero) is 1. The molecule has 38 heavy (non-hydrogen) atoms. The fourth-order valence-electron chi connectivity index (χ4n) is 4.88. The number of fused-ring (bicyclic) bond motifs is 1. The van der Waals surface area contributed by atoms with E-state index in [1.807, 2.05) is 50.2 Å². The van der Waals surface area contributed by atoms with Crippen molar-refractivity contribution >= 4 is 23.1 Å². The Bertz CT molecular complexity index is 1470. The molecule has 1 N–H and O–H groups in total. The summed E-state index contributed by atoms with van der Waals surface area (Å²) in [4.78, 5) is 28.6. The number of aliphatic hydroxyl groups excluding tert-OH is 1. The summed E-state index contributed by atoms with van der Waals surface area (Å²) < 4.78 is 16.7. The zero-order valence-corrected chi connectivity index (χ0v) is 22.2. The van der Waals surface area contributed by atoms with Crippen molar-refractivity contribution in [2.24, 2.45) is 0 Å². The zero-order valence-electron chi connectivity index (χ0n) is 22.2. The van der Waals surface area contributed by atoms with Crippen LogP contribution in [0.4, 0.5) is 5.69 Å². The average Bonchev–Trinajstić information content (AvgIpc) is 3.45. The van der Waals surface area contributed by atoms with Gasteiger partial charge in [-0.2, -0.15) is 0 Å². The van der Waals surface area contributed by atoms with E-state index in [0.29, 0.717) is 40.7 Å². The van der Waals surface area contributed by atoms with Crippen LogP contribution in [0.25, 0.3) is 5.76 Å². The van der Waals surface area contributed by atoms with Crippen molar-refractivity contribution in [3.63, 3.8) is 0 Å². The van der Waals surface area contributed by atoms with Crippen molar-refractivity contribution in [3.05, 3.63) is 88.5 Å². The quantitative estimate of drug-likeness (QED) is 0.254. The minimum Gasteiger partial charge on any atom is -0.507 e. The molecule has 3 aromatic rings. The molecule has 0 bridgehead atoms. The maximum Gasteiger partial charge on any atom is 0.300 e. The number of nitrogens with zero attached hydrogens (tertiary/aromatic N) is 1. The summed E-state index contributed by atoms with van der Waals surface area (Å²) in [6, 6.07) is 17.3. The SMILES string of the molecule is CCOc1cccc(C2/C(=C(\O)c3cc(C(C)(C)C)ccc3C)C(=O)C(=O)N2c2ccc3c(c2)OCO3)c1. The Kier molecular flexibility index (Phi) is 6.39. The number of aryl methyl sites for hydroxylation is 1. The van der Waals surface area contributed by atoms with Gasteiger partial charge in [-0.05, 0) is 66.3 Å². The Morgan fingerprint density at radius 2 is 1.79 bits per heavy atom. The van der Waals surface area contributed by atoms with Crippen molar-refractivity contribution in [1.29, 1.82) is 0 Å². The number of anilines is 1. The first-order chi connectivity index (χ1) is 18.1. The van der Waals surface area contributed by atoms with Crippen molar-refractivity contribution in [2.75, 3.05) is 18.3 Å². The molecule has 1 fully saturated rings. The second-order valence-corrected chi connectivity index (χ2v) is 10.5. The molecule has 7 heteroatoms. The standard InChI is InChI=1S/C31H31NO6/c1-6-36-22-9-7-8-19(14-22)27-26(28(33)23-15-20(31(3,4)5)11-10-18(23)2)29(34)30(35)32(27)21-12-13-24-25(16-21)38-17-37-24/h7-16,27,33H,6,17H2,1-5H3/b28-26+. The summed E-state index contributed by atoms with van der Waals surface area (Å²) in [7, 11) is 0. The Morgan fingerprint density at radius 1 is 1.03 bits per heavy atom. The number of aliphatic hydroxyl groups is 1. The minimum atomic E-state index is -0.881. The lowest BCUT2D eigenvalue weighted by Crippen LogP contribution is -2.29. The number of carbonyl (C=O) groups excluding carboxylic acids is 2. The van der Waals surface area contributed by atoms with Gasteiger partial charge in [0.2, 0.25) is 6.79 Å². The molecule has 1 atom stereocenters.